The van der Waals surface area contributed by atoms with Gasteiger partial charge in [-0.3, -0.25) is 0 Å². The van der Waals surface area contributed by atoms with E-state index >= 15 is 0 Å². The highest BCUT2D eigenvalue weighted by atomic mass is 28.4. The third-order valence-corrected chi connectivity index (χ3v) is 17.0. The Morgan fingerprint density at radius 3 is 0.556 bits per heavy atom. The number of nitrogens with zero attached hydrogens (tertiary/aromatic N) is 3. The molecule has 0 fully saturated rings. The van der Waals surface area contributed by atoms with Crippen molar-refractivity contribution in [1.82, 2.24) is 13.7 Å². The van der Waals surface area contributed by atoms with E-state index in [1.807, 2.05) is 125 Å². The van der Waals surface area contributed by atoms with Gasteiger partial charge >= 0.3 is 43.5 Å². The van der Waals surface area contributed by atoms with Gasteiger partial charge < -0.3 is 39.8 Å². The van der Waals surface area contributed by atoms with Gasteiger partial charge in [0.1, 0.15) is 0 Å². The highest BCUT2D eigenvalue weighted by molar-refractivity contribution is 6.61. The summed E-state index contributed by atoms with van der Waals surface area (Å²) in [4.78, 5) is 43.2. The van der Waals surface area contributed by atoms with E-state index in [0.29, 0.717) is 0 Å². The lowest BCUT2D eigenvalue weighted by atomic mass is 10.5. The minimum Gasteiger partial charge on any atom is -0.371 e. The third-order valence-electron chi connectivity index (χ3n) is 7.05. The molecule has 0 spiro atoms. The molecule has 0 saturated carbocycles. The molecule has 0 radical (unpaired) electrons. The molecule has 0 aliphatic carbocycles. The summed E-state index contributed by atoms with van der Waals surface area (Å²) in [5.41, 5.74) is -2.32. The first-order valence-electron chi connectivity index (χ1n) is 19.8. The fourth-order valence-electron chi connectivity index (χ4n) is 6.02. The molecule has 0 aliphatic rings. The minimum atomic E-state index is -3.47. The quantitative estimate of drug-likeness (QED) is 0.0986. The molecule has 318 valence electrons. The smallest absolute Gasteiger partial charge is 0.371 e. The molecular formula is C36H75N3O12Si3. The molecule has 0 amide bonds. The molecule has 54 heavy (non-hydrogen) atoms. The first kappa shape index (κ1) is 50.7. The standard InChI is InChI=1S/C36H75N3O12Si3/c1-25(2)43-52(44-26(3)4,45-27(5)6)22-19-37-34(40)38(20-23-53(46-28(7)8,47-29(9)10)48-30(11)12)36(42)39(35(37)41)21-24-54(49-31(13)14,50-32(15)16)51-33(17)18/h25-33H,19-24H2,1-18H3. The van der Waals surface area contributed by atoms with Crippen molar-refractivity contribution in [2.75, 3.05) is 0 Å². The van der Waals surface area contributed by atoms with E-state index in [1.165, 1.54) is 0 Å². The van der Waals surface area contributed by atoms with Crippen molar-refractivity contribution in [3.05, 3.63) is 31.5 Å². The Balaban J connectivity index is 4.08. The second kappa shape index (κ2) is 22.6. The van der Waals surface area contributed by atoms with Gasteiger partial charge in [-0.1, -0.05) is 0 Å². The average Bonchev–Trinajstić information content (AvgIpc) is 2.93. The molecule has 1 heterocycles. The molecule has 0 aliphatic heterocycles. The van der Waals surface area contributed by atoms with E-state index in [0.717, 1.165) is 13.7 Å². The van der Waals surface area contributed by atoms with Crippen LogP contribution in [0.4, 0.5) is 0 Å². The van der Waals surface area contributed by atoms with E-state index in [9.17, 15) is 14.4 Å². The van der Waals surface area contributed by atoms with Crippen LogP contribution in [-0.4, -0.2) is 95.1 Å². The zero-order valence-corrected chi connectivity index (χ0v) is 39.7. The maximum Gasteiger partial charge on any atom is 0.503 e. The fourth-order valence-corrected chi connectivity index (χ4v) is 15.5. The minimum absolute atomic E-state index is 0.110. The predicted octanol–water partition coefficient (Wildman–Crippen LogP) is 5.81. The summed E-state index contributed by atoms with van der Waals surface area (Å²) in [7, 11) is -10.4. The van der Waals surface area contributed by atoms with Crippen molar-refractivity contribution in [3.8, 4) is 0 Å². The Hall–Kier alpha value is -1.30. The van der Waals surface area contributed by atoms with Crippen molar-refractivity contribution in [3.63, 3.8) is 0 Å². The second-order valence-electron chi connectivity index (χ2n) is 16.1. The van der Waals surface area contributed by atoms with Gasteiger partial charge in [0.25, 0.3) is 0 Å². The summed E-state index contributed by atoms with van der Waals surface area (Å²) >= 11 is 0. The monoisotopic (exact) mass is 825 g/mol. The van der Waals surface area contributed by atoms with Crippen LogP contribution in [0.5, 0.6) is 0 Å². The molecule has 1 aromatic heterocycles. The molecule has 1 aromatic rings. The summed E-state index contributed by atoms with van der Waals surface area (Å²) in [6, 6.07) is 0.330. The van der Waals surface area contributed by atoms with Gasteiger partial charge in [0.2, 0.25) is 0 Å². The lowest BCUT2D eigenvalue weighted by molar-refractivity contribution is 0.00153. The van der Waals surface area contributed by atoms with Crippen LogP contribution in [0.3, 0.4) is 0 Å². The Kier molecular flexibility index (Phi) is 21.2. The van der Waals surface area contributed by atoms with E-state index in [-0.39, 0.29) is 92.7 Å². The first-order chi connectivity index (χ1) is 24.8. The molecule has 0 atom stereocenters. The Morgan fingerprint density at radius 2 is 0.444 bits per heavy atom. The lowest BCUT2D eigenvalue weighted by Gasteiger charge is -2.35. The van der Waals surface area contributed by atoms with Crippen LogP contribution in [0, 0.1) is 0 Å². The SMILES string of the molecule is CC(C)O[Si](CCn1c(=O)n(CC[Si](OC(C)C)(OC(C)C)OC(C)C)c(=O)n(CC[Si](OC(C)C)(OC(C)C)OC(C)C)c1=O)(OC(C)C)OC(C)C. The summed E-state index contributed by atoms with van der Waals surface area (Å²) in [6.07, 6.45) is -2.26. The number of hydrogen-bond acceptors (Lipinski definition) is 12. The topological polar surface area (TPSA) is 149 Å². The molecule has 0 saturated heterocycles. The Bertz CT molecular complexity index is 1150. The van der Waals surface area contributed by atoms with Crippen molar-refractivity contribution in [2.24, 2.45) is 0 Å². The van der Waals surface area contributed by atoms with Crippen LogP contribution in [0.15, 0.2) is 14.4 Å². The average molecular weight is 826 g/mol. The van der Waals surface area contributed by atoms with Crippen LogP contribution in [-0.2, 0) is 59.5 Å². The van der Waals surface area contributed by atoms with Gasteiger partial charge in [-0.05, 0) is 125 Å². The Labute approximate surface area is 328 Å². The van der Waals surface area contributed by atoms with Crippen molar-refractivity contribution < 1.29 is 39.8 Å². The first-order valence-corrected chi connectivity index (χ1v) is 25.6. The van der Waals surface area contributed by atoms with E-state index in [1.54, 1.807) is 0 Å². The fraction of sp³-hybridized carbons (Fsp3) is 0.917. The largest absolute Gasteiger partial charge is 0.503 e. The maximum absolute atomic E-state index is 14.4. The van der Waals surface area contributed by atoms with Gasteiger partial charge in [0, 0.05) is 92.7 Å². The van der Waals surface area contributed by atoms with Gasteiger partial charge in [-0.2, -0.15) is 0 Å². The van der Waals surface area contributed by atoms with Crippen LogP contribution in [0.1, 0.15) is 125 Å². The molecule has 0 N–H and O–H groups in total. The zero-order valence-electron chi connectivity index (χ0n) is 36.7. The number of rotatable bonds is 27. The normalized spacial score (nSPS) is 13.6. The summed E-state index contributed by atoms with van der Waals surface area (Å²) < 4.78 is 60.5. The molecule has 0 aromatic carbocycles. The number of aromatic nitrogens is 3. The highest BCUT2D eigenvalue weighted by Gasteiger charge is 2.47. The maximum atomic E-state index is 14.4. The molecule has 15 nitrogen and oxygen atoms in total. The molecule has 0 bridgehead atoms. The van der Waals surface area contributed by atoms with Crippen LogP contribution < -0.4 is 17.1 Å². The molecule has 1 rings (SSSR count). The molecule has 0 unspecified atom stereocenters. The van der Waals surface area contributed by atoms with Crippen molar-refractivity contribution in [2.45, 2.75) is 217 Å². The van der Waals surface area contributed by atoms with Crippen molar-refractivity contribution in [1.29, 1.82) is 0 Å². The van der Waals surface area contributed by atoms with Crippen LogP contribution in [0.25, 0.3) is 0 Å². The van der Waals surface area contributed by atoms with Crippen molar-refractivity contribution >= 4 is 26.4 Å². The summed E-state index contributed by atoms with van der Waals surface area (Å²) in [6.45, 7) is 33.6. The Morgan fingerprint density at radius 1 is 0.315 bits per heavy atom. The number of hydrogen-bond donors (Lipinski definition) is 0. The van der Waals surface area contributed by atoms with E-state index in [2.05, 4.69) is 0 Å². The van der Waals surface area contributed by atoms with E-state index < -0.39 is 43.5 Å². The summed E-state index contributed by atoms with van der Waals surface area (Å²) in [5.74, 6) is 0. The summed E-state index contributed by atoms with van der Waals surface area (Å²) in [5, 5.41) is 0. The second-order valence-corrected chi connectivity index (χ2v) is 23.8. The molecule has 18 heteroatoms. The van der Waals surface area contributed by atoms with Gasteiger partial charge in [-0.25, -0.2) is 28.1 Å². The molecular weight excluding hydrogens is 751 g/mol. The zero-order chi connectivity index (χ0) is 41.8. The van der Waals surface area contributed by atoms with Gasteiger partial charge in [0.05, 0.1) is 0 Å². The van der Waals surface area contributed by atoms with Crippen LogP contribution >= 0.6 is 0 Å². The lowest BCUT2D eigenvalue weighted by Crippen LogP contribution is -2.58. The highest BCUT2D eigenvalue weighted by Crippen LogP contribution is 2.25. The van der Waals surface area contributed by atoms with Crippen LogP contribution in [0.2, 0.25) is 18.1 Å². The predicted molar refractivity (Wildman–Crippen MR) is 217 cm³/mol. The van der Waals surface area contributed by atoms with Gasteiger partial charge in [0.15, 0.2) is 0 Å². The van der Waals surface area contributed by atoms with Gasteiger partial charge in [-0.15, -0.1) is 0 Å². The third kappa shape index (κ3) is 17.1. The van der Waals surface area contributed by atoms with E-state index in [4.69, 9.17) is 39.8 Å².